The molecule has 1 unspecified atom stereocenters. The zero-order valence-electron chi connectivity index (χ0n) is 8.75. The van der Waals surface area contributed by atoms with Crippen LogP contribution in [-0.4, -0.2) is 11.2 Å². The molecule has 1 aliphatic carbocycles. The maximum Gasteiger partial charge on any atom is 0.0730 e. The average molecular weight is 188 g/mol. The molecule has 2 rings (SSSR count). The number of aliphatic hydroxyl groups is 1. The van der Waals surface area contributed by atoms with Crippen LogP contribution in [0.3, 0.4) is 0 Å². The van der Waals surface area contributed by atoms with Gasteiger partial charge in [0.15, 0.2) is 0 Å². The summed E-state index contributed by atoms with van der Waals surface area (Å²) < 4.78 is 0. The number of hydrogen-bond acceptors (Lipinski definition) is 1. The Morgan fingerprint density at radius 3 is 2.64 bits per heavy atom. The van der Waals surface area contributed by atoms with Crippen LogP contribution in [0, 0.1) is 13.8 Å². The lowest BCUT2D eigenvalue weighted by molar-refractivity contribution is 0.223. The third-order valence-corrected chi connectivity index (χ3v) is 2.83. The molecule has 0 amide bonds. The normalized spacial score (nSPS) is 21.1. The molecule has 0 aliphatic heterocycles. The van der Waals surface area contributed by atoms with Gasteiger partial charge in [-0.3, -0.25) is 0 Å². The minimum atomic E-state index is -0.231. The van der Waals surface area contributed by atoms with Crippen LogP contribution in [0.2, 0.25) is 0 Å². The van der Waals surface area contributed by atoms with E-state index in [2.05, 4.69) is 32.0 Å². The van der Waals surface area contributed by atoms with Crippen molar-refractivity contribution in [2.45, 2.75) is 32.8 Å². The fraction of sp³-hybridized carbons (Fsp3) is 0.385. The summed E-state index contributed by atoms with van der Waals surface area (Å²) in [5.74, 6) is 0. The van der Waals surface area contributed by atoms with Crippen LogP contribution in [0.5, 0.6) is 0 Å². The summed E-state index contributed by atoms with van der Waals surface area (Å²) in [5.41, 5.74) is 5.21. The van der Waals surface area contributed by atoms with Crippen LogP contribution in [0.1, 0.15) is 29.5 Å². The second-order valence-electron chi connectivity index (χ2n) is 4.12. The Labute approximate surface area is 85.1 Å². The van der Waals surface area contributed by atoms with Gasteiger partial charge in [0.1, 0.15) is 0 Å². The summed E-state index contributed by atoms with van der Waals surface area (Å²) in [6.45, 7) is 4.24. The van der Waals surface area contributed by atoms with E-state index in [4.69, 9.17) is 0 Å². The van der Waals surface area contributed by atoms with Crippen molar-refractivity contribution in [1.29, 1.82) is 0 Å². The van der Waals surface area contributed by atoms with Crippen molar-refractivity contribution in [2.24, 2.45) is 0 Å². The van der Waals surface area contributed by atoms with Crippen LogP contribution in [0.15, 0.2) is 24.3 Å². The van der Waals surface area contributed by atoms with Crippen LogP contribution in [0.4, 0.5) is 0 Å². The molecule has 14 heavy (non-hydrogen) atoms. The summed E-state index contributed by atoms with van der Waals surface area (Å²) in [6.07, 6.45) is 3.64. The zero-order valence-corrected chi connectivity index (χ0v) is 8.75. The summed E-state index contributed by atoms with van der Waals surface area (Å²) in [6, 6.07) is 6.49. The van der Waals surface area contributed by atoms with E-state index in [0.29, 0.717) is 0 Å². The Kier molecular flexibility index (Phi) is 2.42. The summed E-state index contributed by atoms with van der Waals surface area (Å²) in [4.78, 5) is 0. The molecule has 0 fully saturated rings. The van der Waals surface area contributed by atoms with E-state index in [1.165, 1.54) is 22.3 Å². The molecule has 1 atom stereocenters. The van der Waals surface area contributed by atoms with Crippen molar-refractivity contribution in [3.63, 3.8) is 0 Å². The molecular weight excluding hydrogens is 172 g/mol. The molecule has 0 heterocycles. The first-order valence-corrected chi connectivity index (χ1v) is 5.13. The van der Waals surface area contributed by atoms with Crippen molar-refractivity contribution in [2.75, 3.05) is 0 Å². The molecule has 1 N–H and O–H groups in total. The van der Waals surface area contributed by atoms with Gasteiger partial charge in [0.25, 0.3) is 0 Å². The van der Waals surface area contributed by atoms with Gasteiger partial charge < -0.3 is 5.11 Å². The van der Waals surface area contributed by atoms with E-state index in [1.807, 2.05) is 6.08 Å². The van der Waals surface area contributed by atoms with Crippen molar-refractivity contribution < 1.29 is 5.11 Å². The van der Waals surface area contributed by atoms with Gasteiger partial charge in [-0.05, 0) is 43.4 Å². The Morgan fingerprint density at radius 2 is 2.07 bits per heavy atom. The van der Waals surface area contributed by atoms with E-state index >= 15 is 0 Å². The topological polar surface area (TPSA) is 20.2 Å². The maximum atomic E-state index is 9.43. The van der Waals surface area contributed by atoms with Crippen molar-refractivity contribution in [3.8, 4) is 0 Å². The monoisotopic (exact) mass is 188 g/mol. The minimum Gasteiger partial charge on any atom is -0.389 e. The molecular formula is C13H16O. The lowest BCUT2D eigenvalue weighted by Crippen LogP contribution is -1.93. The molecule has 0 spiro atoms. The van der Waals surface area contributed by atoms with Crippen LogP contribution >= 0.6 is 0 Å². The quantitative estimate of drug-likeness (QED) is 0.718. The van der Waals surface area contributed by atoms with Crippen molar-refractivity contribution in [3.05, 3.63) is 41.0 Å². The van der Waals surface area contributed by atoms with E-state index in [1.54, 1.807) is 0 Å². The molecule has 1 aliphatic rings. The first-order chi connectivity index (χ1) is 6.66. The minimum absolute atomic E-state index is 0.231. The summed E-state index contributed by atoms with van der Waals surface area (Å²) >= 11 is 0. The van der Waals surface area contributed by atoms with Gasteiger partial charge in [0.05, 0.1) is 6.10 Å². The Hall–Kier alpha value is -1.08. The highest BCUT2D eigenvalue weighted by atomic mass is 16.3. The number of benzene rings is 1. The van der Waals surface area contributed by atoms with Gasteiger partial charge in [0.2, 0.25) is 0 Å². The Bertz CT molecular complexity index is 377. The predicted octanol–water partition coefficient (Wildman–Crippen LogP) is 2.84. The highest BCUT2D eigenvalue weighted by Crippen LogP contribution is 2.30. The molecule has 1 nitrogen and oxygen atoms in total. The van der Waals surface area contributed by atoms with Gasteiger partial charge in [-0.1, -0.05) is 29.8 Å². The smallest absolute Gasteiger partial charge is 0.0730 e. The Balaban J connectivity index is 2.37. The molecule has 1 aromatic carbocycles. The highest BCUT2D eigenvalue weighted by molar-refractivity contribution is 5.70. The SMILES string of the molecule is Cc1ccc(C2=CC(O)CC2)c(C)c1. The molecule has 1 aromatic rings. The first-order valence-electron chi connectivity index (χ1n) is 5.13. The van der Waals surface area contributed by atoms with Gasteiger partial charge in [-0.2, -0.15) is 0 Å². The molecule has 0 saturated carbocycles. The number of rotatable bonds is 1. The third kappa shape index (κ3) is 1.73. The zero-order chi connectivity index (χ0) is 10.1. The molecule has 0 saturated heterocycles. The summed E-state index contributed by atoms with van der Waals surface area (Å²) in [5, 5.41) is 9.43. The fourth-order valence-corrected chi connectivity index (χ4v) is 2.10. The number of aryl methyl sites for hydroxylation is 2. The summed E-state index contributed by atoms with van der Waals surface area (Å²) in [7, 11) is 0. The highest BCUT2D eigenvalue weighted by Gasteiger charge is 2.15. The predicted molar refractivity (Wildman–Crippen MR) is 59.1 cm³/mol. The van der Waals surface area contributed by atoms with E-state index < -0.39 is 0 Å². The van der Waals surface area contributed by atoms with Gasteiger partial charge >= 0.3 is 0 Å². The molecule has 1 heteroatoms. The van der Waals surface area contributed by atoms with Crippen molar-refractivity contribution >= 4 is 5.57 Å². The van der Waals surface area contributed by atoms with Crippen LogP contribution in [0.25, 0.3) is 5.57 Å². The molecule has 0 radical (unpaired) electrons. The van der Waals surface area contributed by atoms with Gasteiger partial charge in [-0.25, -0.2) is 0 Å². The van der Waals surface area contributed by atoms with Gasteiger partial charge in [-0.15, -0.1) is 0 Å². The lowest BCUT2D eigenvalue weighted by Gasteiger charge is -2.07. The van der Waals surface area contributed by atoms with E-state index in [9.17, 15) is 5.11 Å². The van der Waals surface area contributed by atoms with E-state index in [0.717, 1.165) is 12.8 Å². The number of aliphatic hydroxyl groups excluding tert-OH is 1. The first kappa shape index (κ1) is 9.47. The molecule has 0 aromatic heterocycles. The third-order valence-electron chi connectivity index (χ3n) is 2.83. The molecule has 74 valence electrons. The second kappa shape index (κ2) is 3.58. The van der Waals surface area contributed by atoms with Gasteiger partial charge in [0, 0.05) is 0 Å². The average Bonchev–Trinajstić information content (AvgIpc) is 2.51. The van der Waals surface area contributed by atoms with Crippen LogP contribution in [-0.2, 0) is 0 Å². The molecule has 0 bridgehead atoms. The number of allylic oxidation sites excluding steroid dienone is 1. The van der Waals surface area contributed by atoms with Crippen LogP contribution < -0.4 is 0 Å². The van der Waals surface area contributed by atoms with Crippen molar-refractivity contribution in [1.82, 2.24) is 0 Å². The fourth-order valence-electron chi connectivity index (χ4n) is 2.10. The number of hydrogen-bond donors (Lipinski definition) is 1. The Morgan fingerprint density at radius 1 is 1.29 bits per heavy atom. The second-order valence-corrected chi connectivity index (χ2v) is 4.12. The maximum absolute atomic E-state index is 9.43. The largest absolute Gasteiger partial charge is 0.389 e. The standard InChI is InChI=1S/C13H16O/c1-9-3-6-13(10(2)7-9)11-4-5-12(14)8-11/h3,6-8,12,14H,4-5H2,1-2H3. The van der Waals surface area contributed by atoms with E-state index in [-0.39, 0.29) is 6.10 Å². The lowest BCUT2D eigenvalue weighted by atomic mass is 9.98.